The highest BCUT2D eigenvalue weighted by Crippen LogP contribution is 2.42. The third kappa shape index (κ3) is 2.84. The van der Waals surface area contributed by atoms with E-state index in [0.717, 1.165) is 0 Å². The molecule has 0 saturated heterocycles. The van der Waals surface area contributed by atoms with Crippen molar-refractivity contribution in [1.29, 1.82) is 0 Å². The van der Waals surface area contributed by atoms with Gasteiger partial charge < -0.3 is 0 Å². The summed E-state index contributed by atoms with van der Waals surface area (Å²) in [6.07, 6.45) is 1.70. The lowest BCUT2D eigenvalue weighted by Crippen LogP contribution is -2.46. The van der Waals surface area contributed by atoms with E-state index in [1.165, 1.54) is 39.5 Å². The Morgan fingerprint density at radius 1 is 1.27 bits per heavy atom. The van der Waals surface area contributed by atoms with Crippen LogP contribution in [0.3, 0.4) is 0 Å². The van der Waals surface area contributed by atoms with Crippen molar-refractivity contribution >= 4 is 21.6 Å². The van der Waals surface area contributed by atoms with Crippen LogP contribution >= 0.6 is 11.8 Å². The Labute approximate surface area is 94.7 Å². The monoisotopic (exact) mass is 260 g/mol. The van der Waals surface area contributed by atoms with Crippen molar-refractivity contribution in [3.8, 4) is 0 Å². The van der Waals surface area contributed by atoms with Crippen LogP contribution < -0.4 is 0 Å². The lowest BCUT2D eigenvalue weighted by atomic mass is 9.97. The quantitative estimate of drug-likeness (QED) is 0.779. The summed E-state index contributed by atoms with van der Waals surface area (Å²) in [6.45, 7) is 5.02. The Kier molecular flexibility index (Phi) is 4.62. The van der Waals surface area contributed by atoms with Crippen LogP contribution in [0.4, 0.5) is 8.78 Å². The lowest BCUT2D eigenvalue weighted by molar-refractivity contribution is -0.0165. The second-order valence-corrected chi connectivity index (χ2v) is 7.90. The van der Waals surface area contributed by atoms with Crippen LogP contribution in [0.2, 0.25) is 0 Å². The molecule has 0 aromatic heterocycles. The molecule has 6 heteroatoms. The van der Waals surface area contributed by atoms with Crippen molar-refractivity contribution in [1.82, 2.24) is 0 Å². The van der Waals surface area contributed by atoms with Gasteiger partial charge >= 0.3 is 5.25 Å². The molecule has 0 saturated carbocycles. The van der Waals surface area contributed by atoms with Crippen LogP contribution in [-0.4, -0.2) is 30.9 Å². The Balaban J connectivity index is 5.21. The smallest absolute Gasteiger partial charge is 0.222 e. The van der Waals surface area contributed by atoms with Crippen molar-refractivity contribution in [2.24, 2.45) is 5.41 Å². The number of sulfone groups is 1. The first-order valence-corrected chi connectivity index (χ1v) is 7.52. The number of alkyl halides is 2. The molecule has 2 nitrogen and oxygen atoms in total. The summed E-state index contributed by atoms with van der Waals surface area (Å²) in [6, 6.07) is 0. The molecule has 0 bridgehead atoms. The fraction of sp³-hybridized carbons (Fsp3) is 1.00. The van der Waals surface area contributed by atoms with Crippen molar-refractivity contribution < 1.29 is 17.2 Å². The molecule has 0 aromatic carbocycles. The van der Waals surface area contributed by atoms with Gasteiger partial charge in [0.25, 0.3) is 0 Å². The summed E-state index contributed by atoms with van der Waals surface area (Å²) < 4.78 is 50.6. The summed E-state index contributed by atoms with van der Waals surface area (Å²) in [7, 11) is -4.41. The number of hydrogen-bond donors (Lipinski definition) is 0. The molecule has 0 amide bonds. The van der Waals surface area contributed by atoms with Gasteiger partial charge in [-0.1, -0.05) is 20.8 Å². The minimum Gasteiger partial charge on any atom is -0.222 e. The zero-order valence-corrected chi connectivity index (χ0v) is 11.3. The van der Waals surface area contributed by atoms with Crippen LogP contribution in [0, 0.1) is 5.41 Å². The summed E-state index contributed by atoms with van der Waals surface area (Å²) in [5, 5.41) is -4.71. The Morgan fingerprint density at radius 2 is 1.67 bits per heavy atom. The normalized spacial score (nSPS) is 16.5. The lowest BCUT2D eigenvalue weighted by Gasteiger charge is -2.31. The summed E-state index contributed by atoms with van der Waals surface area (Å²) >= 11 is 1.25. The molecule has 15 heavy (non-hydrogen) atoms. The molecule has 0 heterocycles. The van der Waals surface area contributed by atoms with Crippen molar-refractivity contribution in [2.45, 2.75) is 38.2 Å². The molecule has 0 aliphatic heterocycles. The molecule has 1 unspecified atom stereocenters. The maximum Gasteiger partial charge on any atom is 0.350 e. The van der Waals surface area contributed by atoms with Crippen LogP contribution in [-0.2, 0) is 9.84 Å². The van der Waals surface area contributed by atoms with E-state index in [4.69, 9.17) is 0 Å². The summed E-state index contributed by atoms with van der Waals surface area (Å²) in [5.41, 5.74) is -1.57. The van der Waals surface area contributed by atoms with Crippen LogP contribution in [0.1, 0.15) is 27.7 Å². The predicted octanol–water partition coefficient (Wildman–Crippen LogP) is 2.79. The molecular weight excluding hydrogens is 242 g/mol. The van der Waals surface area contributed by atoms with Crippen molar-refractivity contribution in [3.05, 3.63) is 0 Å². The minimum absolute atomic E-state index is 0.188. The second-order valence-electron chi connectivity index (χ2n) is 4.58. The van der Waals surface area contributed by atoms with Gasteiger partial charge in [-0.2, -0.15) is 20.5 Å². The fourth-order valence-corrected chi connectivity index (χ4v) is 3.96. The molecule has 0 radical (unpaired) electrons. The van der Waals surface area contributed by atoms with Gasteiger partial charge in [-0.05, 0) is 13.2 Å². The van der Waals surface area contributed by atoms with Gasteiger partial charge in [0.2, 0.25) is 9.84 Å². The van der Waals surface area contributed by atoms with Gasteiger partial charge in [-0.3, -0.25) is 0 Å². The summed E-state index contributed by atoms with van der Waals surface area (Å²) in [4.78, 5) is 0. The maximum atomic E-state index is 13.7. The van der Waals surface area contributed by atoms with E-state index in [9.17, 15) is 17.2 Å². The Morgan fingerprint density at radius 3 is 1.93 bits per heavy atom. The van der Waals surface area contributed by atoms with Crippen LogP contribution in [0.5, 0.6) is 0 Å². The zero-order chi connectivity index (χ0) is 12.5. The molecule has 92 valence electrons. The number of rotatable bonds is 4. The fourth-order valence-electron chi connectivity index (χ4n) is 1.00. The third-order valence-electron chi connectivity index (χ3n) is 2.16. The molecule has 0 N–H and O–H groups in total. The summed E-state index contributed by atoms with van der Waals surface area (Å²) in [5.74, 6) is 0.188. The van der Waals surface area contributed by atoms with E-state index < -0.39 is 25.8 Å². The van der Waals surface area contributed by atoms with Gasteiger partial charge in [-0.25, -0.2) is 8.42 Å². The van der Waals surface area contributed by atoms with Gasteiger partial charge in [0.05, 0.1) is 5.25 Å². The van der Waals surface area contributed by atoms with Gasteiger partial charge in [0, 0.05) is 11.2 Å². The van der Waals surface area contributed by atoms with Crippen molar-refractivity contribution in [2.75, 3.05) is 12.0 Å². The predicted molar refractivity (Wildman–Crippen MR) is 61.2 cm³/mol. The minimum atomic E-state index is -4.41. The highest BCUT2D eigenvalue weighted by atomic mass is 32.2. The maximum absolute atomic E-state index is 13.7. The Bertz CT molecular complexity index is 305. The first kappa shape index (κ1) is 15.2. The van der Waals surface area contributed by atoms with Crippen LogP contribution in [0.15, 0.2) is 0 Å². The number of hydrogen-bond acceptors (Lipinski definition) is 3. The molecule has 0 aliphatic rings. The first-order chi connectivity index (χ1) is 6.48. The van der Waals surface area contributed by atoms with E-state index >= 15 is 0 Å². The topological polar surface area (TPSA) is 34.1 Å². The third-order valence-corrected chi connectivity index (χ3v) is 5.76. The highest BCUT2D eigenvalue weighted by Gasteiger charge is 2.56. The standard InChI is InChI=1S/C9H18F2O2S2/c1-7(6-14-5)15(12,13)9(10,11)8(2,3)4/h7H,6H2,1-5H3. The average Bonchev–Trinajstić information content (AvgIpc) is 2.02. The van der Waals surface area contributed by atoms with Crippen molar-refractivity contribution in [3.63, 3.8) is 0 Å². The zero-order valence-electron chi connectivity index (χ0n) is 9.67. The Hall–Kier alpha value is 0.160. The second kappa shape index (κ2) is 4.57. The van der Waals surface area contributed by atoms with E-state index in [0.29, 0.717) is 0 Å². The van der Waals surface area contributed by atoms with E-state index in [1.54, 1.807) is 6.26 Å². The number of halogens is 2. The molecule has 0 aromatic rings. The number of thioether (sulfide) groups is 1. The van der Waals surface area contributed by atoms with E-state index in [2.05, 4.69) is 0 Å². The van der Waals surface area contributed by atoms with Gasteiger partial charge in [0.1, 0.15) is 0 Å². The molecule has 1 atom stereocenters. The molecule has 0 rings (SSSR count). The first-order valence-electron chi connectivity index (χ1n) is 4.58. The van der Waals surface area contributed by atoms with Gasteiger partial charge in [-0.15, -0.1) is 0 Å². The molecule has 0 fully saturated rings. The SMILES string of the molecule is CSCC(C)S(=O)(=O)C(F)(F)C(C)(C)C. The largest absolute Gasteiger partial charge is 0.350 e. The van der Waals surface area contributed by atoms with Crippen LogP contribution in [0.25, 0.3) is 0 Å². The van der Waals surface area contributed by atoms with E-state index in [1.807, 2.05) is 0 Å². The molecule has 0 spiro atoms. The highest BCUT2D eigenvalue weighted by molar-refractivity contribution is 8.00. The average molecular weight is 260 g/mol. The van der Waals surface area contributed by atoms with E-state index in [-0.39, 0.29) is 5.75 Å². The molecule has 0 aliphatic carbocycles. The van der Waals surface area contributed by atoms with Gasteiger partial charge in [0.15, 0.2) is 0 Å². The molecular formula is C9H18F2O2S2.